The van der Waals surface area contributed by atoms with Crippen LogP contribution in [0.1, 0.15) is 51.4 Å². The van der Waals surface area contributed by atoms with E-state index in [2.05, 4.69) is 9.80 Å². The van der Waals surface area contributed by atoms with Crippen LogP contribution in [0.2, 0.25) is 0 Å². The minimum absolute atomic E-state index is 0.306. The molecule has 0 radical (unpaired) electrons. The third-order valence-electron chi connectivity index (χ3n) is 5.50. The van der Waals surface area contributed by atoms with Gasteiger partial charge in [-0.05, 0) is 51.4 Å². The molecule has 0 aromatic rings. The quantitative estimate of drug-likeness (QED) is 0.502. The van der Waals surface area contributed by atoms with Crippen molar-refractivity contribution in [2.45, 2.75) is 75.8 Å². The normalized spacial score (nSPS) is 41.5. The molecule has 3 fully saturated rings. The van der Waals surface area contributed by atoms with Crippen molar-refractivity contribution in [1.29, 1.82) is 0 Å². The molecule has 4 N–H and O–H groups in total. The van der Waals surface area contributed by atoms with Gasteiger partial charge in [0.05, 0.1) is 24.4 Å². The van der Waals surface area contributed by atoms with Crippen molar-refractivity contribution in [3.05, 3.63) is 0 Å². The van der Waals surface area contributed by atoms with Crippen LogP contribution < -0.4 is 0 Å². The molecule has 0 spiro atoms. The smallest absolute Gasteiger partial charge is 0.0564 e. The highest BCUT2D eigenvalue weighted by Gasteiger charge is 2.19. The van der Waals surface area contributed by atoms with Gasteiger partial charge in [0.25, 0.3) is 0 Å². The summed E-state index contributed by atoms with van der Waals surface area (Å²) in [5.74, 6) is 0. The number of fused-ring (bicyclic) bond motifs is 15. The van der Waals surface area contributed by atoms with Crippen LogP contribution in [0.5, 0.6) is 0 Å². The lowest BCUT2D eigenvalue weighted by Gasteiger charge is -2.29. The van der Waals surface area contributed by atoms with E-state index >= 15 is 0 Å². The van der Waals surface area contributed by atoms with Crippen LogP contribution >= 0.6 is 0 Å². The Morgan fingerprint density at radius 1 is 0.375 bits per heavy atom. The summed E-state index contributed by atoms with van der Waals surface area (Å²) in [4.78, 5) is 4.51. The fourth-order valence-electron chi connectivity index (χ4n) is 3.62. The molecule has 2 atom stereocenters. The summed E-state index contributed by atoms with van der Waals surface area (Å²) in [6.07, 6.45) is 4.22. The van der Waals surface area contributed by atoms with E-state index in [0.717, 1.165) is 65.0 Å². The van der Waals surface area contributed by atoms with Crippen LogP contribution in [0.4, 0.5) is 0 Å². The number of hydrogen-bond donors (Lipinski definition) is 4. The second kappa shape index (κ2) is 10.7. The molecule has 2 unspecified atom stereocenters. The van der Waals surface area contributed by atoms with Crippen molar-refractivity contribution in [1.82, 2.24) is 9.80 Å². The Balaban J connectivity index is 2.06. The Hall–Kier alpha value is -0.240. The Morgan fingerprint density at radius 2 is 0.583 bits per heavy atom. The molecule has 0 aliphatic carbocycles. The van der Waals surface area contributed by atoms with E-state index in [9.17, 15) is 20.4 Å². The van der Waals surface area contributed by atoms with Gasteiger partial charge in [-0.15, -0.1) is 0 Å². The molecule has 2 bridgehead atoms. The van der Waals surface area contributed by atoms with Crippen LogP contribution in [-0.2, 0) is 0 Å². The second-order valence-electron chi connectivity index (χ2n) is 7.61. The summed E-state index contributed by atoms with van der Waals surface area (Å²) >= 11 is 0. The molecule has 0 aromatic heterocycles. The average Bonchev–Trinajstić information content (AvgIpc) is 2.57. The van der Waals surface area contributed by atoms with Crippen LogP contribution in [0.3, 0.4) is 0 Å². The van der Waals surface area contributed by atoms with Crippen LogP contribution in [-0.4, -0.2) is 93.9 Å². The van der Waals surface area contributed by atoms with Gasteiger partial charge in [0, 0.05) is 39.3 Å². The maximum absolute atomic E-state index is 10.2. The van der Waals surface area contributed by atoms with Gasteiger partial charge in [0.15, 0.2) is 0 Å². The highest BCUT2D eigenvalue weighted by molar-refractivity contribution is 4.74. The number of aliphatic hydroxyl groups excluding tert-OH is 4. The molecule has 3 aliphatic heterocycles. The number of rotatable bonds is 0. The van der Waals surface area contributed by atoms with Crippen LogP contribution in [0.15, 0.2) is 0 Å². The predicted molar refractivity (Wildman–Crippen MR) is 93.8 cm³/mol. The summed E-state index contributed by atoms with van der Waals surface area (Å²) in [6.45, 7) is 4.80. The largest absolute Gasteiger partial charge is 0.393 e. The minimum atomic E-state index is -0.386. The highest BCUT2D eigenvalue weighted by Crippen LogP contribution is 2.14. The van der Waals surface area contributed by atoms with Gasteiger partial charge in [-0.1, -0.05) is 0 Å². The van der Waals surface area contributed by atoms with Gasteiger partial charge in [-0.3, -0.25) is 0 Å². The maximum Gasteiger partial charge on any atom is 0.0564 e. The standard InChI is InChI=1S/C18H36N2O4/c21-15-1-2-16(22)4-10-20-13-7-17(23)5-11-19(9-3-15)12-6-18(24)8-14-20/h15-18,21-24H,1-14H2. The number of nitrogens with zero attached hydrogens (tertiary/aromatic N) is 2. The second-order valence-corrected chi connectivity index (χ2v) is 7.61. The lowest BCUT2D eigenvalue weighted by Crippen LogP contribution is -2.36. The molecular weight excluding hydrogens is 308 g/mol. The van der Waals surface area contributed by atoms with Gasteiger partial charge in [0.2, 0.25) is 0 Å². The highest BCUT2D eigenvalue weighted by atomic mass is 16.3. The van der Waals surface area contributed by atoms with Crippen LogP contribution in [0.25, 0.3) is 0 Å². The summed E-state index contributed by atoms with van der Waals surface area (Å²) in [5, 5.41) is 40.8. The third-order valence-corrected chi connectivity index (χ3v) is 5.50. The van der Waals surface area contributed by atoms with Gasteiger partial charge in [-0.25, -0.2) is 0 Å². The molecule has 6 nitrogen and oxygen atoms in total. The summed E-state index contributed by atoms with van der Waals surface area (Å²) < 4.78 is 0. The SMILES string of the molecule is OC1CCC(O)CCN2CCC(O)CCN(CC1)CCC(O)CC2. The molecular formula is C18H36N2O4. The Kier molecular flexibility index (Phi) is 8.94. The van der Waals surface area contributed by atoms with Crippen molar-refractivity contribution in [3.63, 3.8) is 0 Å². The first kappa shape index (κ1) is 20.1. The Morgan fingerprint density at radius 3 is 0.833 bits per heavy atom. The molecule has 0 aromatic carbocycles. The van der Waals surface area contributed by atoms with E-state index < -0.39 is 0 Å². The zero-order chi connectivity index (χ0) is 17.4. The van der Waals surface area contributed by atoms with Crippen molar-refractivity contribution < 1.29 is 20.4 Å². The molecule has 6 heteroatoms. The van der Waals surface area contributed by atoms with Crippen molar-refractivity contribution in [2.24, 2.45) is 0 Å². The Bertz CT molecular complexity index is 297. The summed E-state index contributed by atoms with van der Waals surface area (Å²) in [6, 6.07) is 0. The molecule has 3 rings (SSSR count). The summed E-state index contributed by atoms with van der Waals surface area (Å²) in [7, 11) is 0. The monoisotopic (exact) mass is 344 g/mol. The van der Waals surface area contributed by atoms with E-state index in [1.807, 2.05) is 0 Å². The van der Waals surface area contributed by atoms with Crippen molar-refractivity contribution >= 4 is 0 Å². The predicted octanol–water partition coefficient (Wildman–Crippen LogP) is 0.182. The van der Waals surface area contributed by atoms with E-state index in [1.54, 1.807) is 0 Å². The van der Waals surface area contributed by atoms with Gasteiger partial charge >= 0.3 is 0 Å². The van der Waals surface area contributed by atoms with E-state index in [0.29, 0.717) is 25.7 Å². The zero-order valence-electron chi connectivity index (χ0n) is 14.9. The van der Waals surface area contributed by atoms with Gasteiger partial charge in [0.1, 0.15) is 0 Å². The van der Waals surface area contributed by atoms with Crippen LogP contribution in [0, 0.1) is 0 Å². The fourth-order valence-corrected chi connectivity index (χ4v) is 3.62. The topological polar surface area (TPSA) is 87.4 Å². The minimum Gasteiger partial charge on any atom is -0.393 e. The first-order valence-corrected chi connectivity index (χ1v) is 9.70. The van der Waals surface area contributed by atoms with Crippen molar-refractivity contribution in [2.75, 3.05) is 39.3 Å². The molecule has 3 saturated heterocycles. The average molecular weight is 344 g/mol. The van der Waals surface area contributed by atoms with Gasteiger partial charge < -0.3 is 30.2 Å². The molecule has 3 aliphatic rings. The third kappa shape index (κ3) is 7.76. The molecule has 0 amide bonds. The lowest BCUT2D eigenvalue weighted by molar-refractivity contribution is 0.0763. The van der Waals surface area contributed by atoms with E-state index in [-0.39, 0.29) is 24.4 Å². The zero-order valence-corrected chi connectivity index (χ0v) is 14.9. The van der Waals surface area contributed by atoms with E-state index in [4.69, 9.17) is 0 Å². The fraction of sp³-hybridized carbons (Fsp3) is 1.00. The lowest BCUT2D eigenvalue weighted by atomic mass is 10.1. The number of hydrogen-bond acceptors (Lipinski definition) is 6. The van der Waals surface area contributed by atoms with Gasteiger partial charge in [-0.2, -0.15) is 0 Å². The molecule has 24 heavy (non-hydrogen) atoms. The first-order chi connectivity index (χ1) is 11.5. The summed E-state index contributed by atoms with van der Waals surface area (Å²) in [5.41, 5.74) is 0. The first-order valence-electron chi connectivity index (χ1n) is 9.70. The van der Waals surface area contributed by atoms with E-state index in [1.165, 1.54) is 0 Å². The molecule has 142 valence electrons. The molecule has 3 heterocycles. The number of aliphatic hydroxyl groups is 4. The Labute approximate surface area is 146 Å². The van der Waals surface area contributed by atoms with Crippen molar-refractivity contribution in [3.8, 4) is 0 Å². The molecule has 0 saturated carbocycles. The maximum atomic E-state index is 10.2.